The molecule has 0 unspecified atom stereocenters. The zero-order valence-corrected chi connectivity index (χ0v) is 23.3. The van der Waals surface area contributed by atoms with E-state index in [1.54, 1.807) is 20.3 Å². The summed E-state index contributed by atoms with van der Waals surface area (Å²) in [4.78, 5) is 21.8. The highest BCUT2D eigenvalue weighted by atomic mass is 16.5. The van der Waals surface area contributed by atoms with Crippen molar-refractivity contribution >= 4 is 10.9 Å². The van der Waals surface area contributed by atoms with Gasteiger partial charge in [-0.15, -0.1) is 5.10 Å². The molecule has 0 amide bonds. The lowest BCUT2D eigenvalue weighted by atomic mass is 9.93. The number of rotatable bonds is 8. The van der Waals surface area contributed by atoms with Gasteiger partial charge in [-0.3, -0.25) is 14.6 Å². The third-order valence-corrected chi connectivity index (χ3v) is 8.46. The van der Waals surface area contributed by atoms with Gasteiger partial charge in [-0.2, -0.15) is 0 Å². The Hall–Kier alpha value is -3.76. The Morgan fingerprint density at radius 1 is 0.950 bits per heavy atom. The molecule has 2 fully saturated rings. The van der Waals surface area contributed by atoms with Gasteiger partial charge in [0.25, 0.3) is 5.56 Å². The minimum absolute atomic E-state index is 0.159. The Morgan fingerprint density at radius 2 is 1.68 bits per heavy atom. The molecule has 0 spiro atoms. The molecular weight excluding hydrogens is 506 g/mol. The second kappa shape index (κ2) is 11.8. The van der Waals surface area contributed by atoms with Crippen LogP contribution < -0.4 is 15.0 Å². The average Bonchev–Trinajstić information content (AvgIpc) is 3.45. The van der Waals surface area contributed by atoms with E-state index in [9.17, 15) is 4.79 Å². The molecule has 1 aliphatic heterocycles. The van der Waals surface area contributed by atoms with Crippen molar-refractivity contribution in [2.45, 2.75) is 50.7 Å². The van der Waals surface area contributed by atoms with Crippen molar-refractivity contribution in [1.29, 1.82) is 0 Å². The van der Waals surface area contributed by atoms with Crippen LogP contribution in [-0.2, 0) is 6.54 Å². The third-order valence-electron chi connectivity index (χ3n) is 8.46. The SMILES string of the molecule is COc1cc2cc([C@@H](c3nnnn3Cc3ccccc3)N3CCN(C4CCCCC4)CC3)c(=O)[nH]c2cc1OC. The second-order valence-electron chi connectivity index (χ2n) is 10.8. The first-order valence-electron chi connectivity index (χ1n) is 14.2. The van der Waals surface area contributed by atoms with Crippen LogP contribution in [0.15, 0.2) is 53.3 Å². The van der Waals surface area contributed by atoms with Crippen molar-refractivity contribution in [2.24, 2.45) is 0 Å². The van der Waals surface area contributed by atoms with Crippen LogP contribution in [0, 0.1) is 0 Å². The Morgan fingerprint density at radius 3 is 2.40 bits per heavy atom. The van der Waals surface area contributed by atoms with E-state index < -0.39 is 6.04 Å². The molecule has 1 N–H and O–H groups in total. The summed E-state index contributed by atoms with van der Waals surface area (Å²) in [5.74, 6) is 1.85. The standard InChI is InChI=1S/C30H37N7O3/c1-39-26-18-22-17-24(30(38)31-25(22)19-27(26)40-2)28(29-32-33-34-37(29)20-21-9-5-3-6-10-21)36-15-13-35(14-16-36)23-11-7-4-8-12-23/h3,5-6,9-10,17-19,23,28H,4,7-8,11-16,20H2,1-2H3,(H,31,38)/t28-/m0/s1. The van der Waals surface area contributed by atoms with Crippen LogP contribution >= 0.6 is 0 Å². The number of aromatic amines is 1. The summed E-state index contributed by atoms with van der Waals surface area (Å²) in [6.07, 6.45) is 6.57. The van der Waals surface area contributed by atoms with Gasteiger partial charge in [0, 0.05) is 49.2 Å². The van der Waals surface area contributed by atoms with Gasteiger partial charge in [-0.05, 0) is 41.0 Å². The van der Waals surface area contributed by atoms with E-state index in [1.807, 2.05) is 35.0 Å². The summed E-state index contributed by atoms with van der Waals surface area (Å²) < 4.78 is 12.8. The van der Waals surface area contributed by atoms with E-state index in [0.717, 1.165) is 37.1 Å². The van der Waals surface area contributed by atoms with E-state index >= 15 is 0 Å². The van der Waals surface area contributed by atoms with Crippen LogP contribution in [0.25, 0.3) is 10.9 Å². The van der Waals surface area contributed by atoms with E-state index in [-0.39, 0.29) is 5.56 Å². The summed E-state index contributed by atoms with van der Waals surface area (Å²) in [5, 5.41) is 13.8. The number of hydrogen-bond acceptors (Lipinski definition) is 8. The fourth-order valence-electron chi connectivity index (χ4n) is 6.34. The molecule has 1 saturated carbocycles. The molecule has 2 aliphatic rings. The molecule has 0 bridgehead atoms. The van der Waals surface area contributed by atoms with Crippen LogP contribution in [0.2, 0.25) is 0 Å². The van der Waals surface area contributed by atoms with Crippen molar-refractivity contribution < 1.29 is 9.47 Å². The topological polar surface area (TPSA) is 101 Å². The molecular formula is C30H37N7O3. The van der Waals surface area contributed by atoms with Crippen molar-refractivity contribution in [3.8, 4) is 11.5 Å². The highest BCUT2D eigenvalue weighted by molar-refractivity contribution is 5.83. The third kappa shape index (κ3) is 5.33. The number of ether oxygens (including phenoxy) is 2. The molecule has 10 nitrogen and oxygen atoms in total. The van der Waals surface area contributed by atoms with Gasteiger partial charge >= 0.3 is 0 Å². The Balaban J connectivity index is 1.39. The van der Waals surface area contributed by atoms with Crippen molar-refractivity contribution in [3.63, 3.8) is 0 Å². The lowest BCUT2D eigenvalue weighted by Crippen LogP contribution is -2.52. The van der Waals surface area contributed by atoms with E-state index in [0.29, 0.717) is 41.0 Å². The summed E-state index contributed by atoms with van der Waals surface area (Å²) in [6.45, 7) is 4.14. The maximum absolute atomic E-state index is 13.7. The predicted molar refractivity (Wildman–Crippen MR) is 153 cm³/mol. The minimum atomic E-state index is -0.395. The first kappa shape index (κ1) is 26.5. The molecule has 6 rings (SSSR count). The smallest absolute Gasteiger partial charge is 0.253 e. The molecule has 10 heteroatoms. The summed E-state index contributed by atoms with van der Waals surface area (Å²) in [6, 6.07) is 16.1. The van der Waals surface area contributed by atoms with Crippen LogP contribution in [-0.4, -0.2) is 81.4 Å². The fraction of sp³-hybridized carbons (Fsp3) is 0.467. The molecule has 2 aromatic heterocycles. The number of pyridine rings is 1. The van der Waals surface area contributed by atoms with Gasteiger partial charge in [0.15, 0.2) is 17.3 Å². The van der Waals surface area contributed by atoms with Gasteiger partial charge in [0.05, 0.1) is 26.3 Å². The van der Waals surface area contributed by atoms with Crippen molar-refractivity contribution in [2.75, 3.05) is 40.4 Å². The quantitative estimate of drug-likeness (QED) is 0.360. The van der Waals surface area contributed by atoms with Crippen molar-refractivity contribution in [1.82, 2.24) is 35.0 Å². The molecule has 1 atom stereocenters. The maximum Gasteiger partial charge on any atom is 0.253 e. The predicted octanol–water partition coefficient (Wildman–Crippen LogP) is 3.62. The number of nitrogens with zero attached hydrogens (tertiary/aromatic N) is 6. The Labute approximate surface area is 233 Å². The molecule has 3 heterocycles. The first-order chi connectivity index (χ1) is 19.6. The number of nitrogens with one attached hydrogen (secondary N) is 1. The highest BCUT2D eigenvalue weighted by Gasteiger charge is 2.34. The van der Waals surface area contributed by atoms with Crippen LogP contribution in [0.3, 0.4) is 0 Å². The van der Waals surface area contributed by atoms with E-state index in [1.165, 1.54) is 32.1 Å². The lowest BCUT2D eigenvalue weighted by molar-refractivity contribution is 0.0618. The number of hydrogen-bond donors (Lipinski definition) is 1. The first-order valence-corrected chi connectivity index (χ1v) is 14.2. The number of benzene rings is 2. The van der Waals surface area contributed by atoms with E-state index in [2.05, 4.69) is 42.4 Å². The van der Waals surface area contributed by atoms with Crippen molar-refractivity contribution in [3.05, 3.63) is 75.8 Å². The number of piperazine rings is 1. The fourth-order valence-corrected chi connectivity index (χ4v) is 6.34. The lowest BCUT2D eigenvalue weighted by Gasteiger charge is -2.43. The normalized spacial score (nSPS) is 18.1. The molecule has 40 heavy (non-hydrogen) atoms. The Bertz CT molecular complexity index is 1490. The summed E-state index contributed by atoms with van der Waals surface area (Å²) >= 11 is 0. The summed E-state index contributed by atoms with van der Waals surface area (Å²) in [7, 11) is 3.20. The zero-order chi connectivity index (χ0) is 27.5. The molecule has 2 aromatic carbocycles. The second-order valence-corrected chi connectivity index (χ2v) is 10.8. The average molecular weight is 544 g/mol. The summed E-state index contributed by atoms with van der Waals surface area (Å²) in [5.41, 5.74) is 2.25. The number of methoxy groups -OCH3 is 2. The number of fused-ring (bicyclic) bond motifs is 1. The minimum Gasteiger partial charge on any atom is -0.493 e. The number of aromatic nitrogens is 5. The van der Waals surface area contributed by atoms with Crippen LogP contribution in [0.5, 0.6) is 11.5 Å². The monoisotopic (exact) mass is 543 g/mol. The molecule has 4 aromatic rings. The van der Waals surface area contributed by atoms with Gasteiger partial charge in [0.2, 0.25) is 0 Å². The zero-order valence-electron chi connectivity index (χ0n) is 23.3. The van der Waals surface area contributed by atoms with E-state index in [4.69, 9.17) is 9.47 Å². The Kier molecular flexibility index (Phi) is 7.79. The maximum atomic E-state index is 13.7. The van der Waals surface area contributed by atoms with Crippen LogP contribution in [0.4, 0.5) is 0 Å². The van der Waals surface area contributed by atoms with Gasteiger partial charge < -0.3 is 14.5 Å². The molecule has 1 saturated heterocycles. The number of tetrazole rings is 1. The van der Waals surface area contributed by atoms with Crippen LogP contribution in [0.1, 0.15) is 55.1 Å². The van der Waals surface area contributed by atoms with Gasteiger partial charge in [-0.25, -0.2) is 4.68 Å². The van der Waals surface area contributed by atoms with Gasteiger partial charge in [0.1, 0.15) is 6.04 Å². The number of H-pyrrole nitrogens is 1. The molecule has 1 aliphatic carbocycles. The molecule has 210 valence electrons. The highest BCUT2D eigenvalue weighted by Crippen LogP contribution is 2.34. The largest absolute Gasteiger partial charge is 0.493 e. The van der Waals surface area contributed by atoms with Gasteiger partial charge in [-0.1, -0.05) is 49.6 Å². The molecule has 0 radical (unpaired) electrons.